The van der Waals surface area contributed by atoms with Crippen LogP contribution in [0.5, 0.6) is 0 Å². The van der Waals surface area contributed by atoms with Crippen molar-refractivity contribution in [3.05, 3.63) is 65.2 Å². The summed E-state index contributed by atoms with van der Waals surface area (Å²) < 4.78 is 26.4. The SMILES string of the molecule is CCC(C(=O)NCC(C)C)N(Cc1ccccc1)C(=O)CCCN(c1ccc(C)c(C)c1)S(C)(=O)=O. The molecule has 1 atom stereocenters. The number of hydrogen-bond donors (Lipinski definition) is 1. The number of aryl methyl sites for hydroxylation is 2. The van der Waals surface area contributed by atoms with Crippen LogP contribution >= 0.6 is 0 Å². The fourth-order valence-corrected chi connectivity index (χ4v) is 4.96. The molecule has 0 heterocycles. The summed E-state index contributed by atoms with van der Waals surface area (Å²) in [6, 6.07) is 14.5. The molecule has 0 saturated heterocycles. The molecule has 0 spiro atoms. The Kier molecular flexibility index (Phi) is 11.0. The van der Waals surface area contributed by atoms with E-state index in [0.29, 0.717) is 37.5 Å². The molecule has 198 valence electrons. The second kappa shape index (κ2) is 13.4. The van der Waals surface area contributed by atoms with Crippen LogP contribution in [0.15, 0.2) is 48.5 Å². The van der Waals surface area contributed by atoms with Crippen LogP contribution in [0.2, 0.25) is 0 Å². The topological polar surface area (TPSA) is 86.8 Å². The Morgan fingerprint density at radius 1 is 1.00 bits per heavy atom. The Balaban J connectivity index is 2.19. The van der Waals surface area contributed by atoms with Crippen LogP contribution in [-0.2, 0) is 26.2 Å². The average Bonchev–Trinajstić information content (AvgIpc) is 2.82. The molecule has 0 aromatic heterocycles. The van der Waals surface area contributed by atoms with Gasteiger partial charge in [0.25, 0.3) is 0 Å². The van der Waals surface area contributed by atoms with Gasteiger partial charge in [0.15, 0.2) is 0 Å². The van der Waals surface area contributed by atoms with Gasteiger partial charge in [-0.3, -0.25) is 13.9 Å². The van der Waals surface area contributed by atoms with Crippen molar-refractivity contribution >= 4 is 27.5 Å². The monoisotopic (exact) mass is 515 g/mol. The smallest absolute Gasteiger partial charge is 0.242 e. The highest BCUT2D eigenvalue weighted by atomic mass is 32.2. The summed E-state index contributed by atoms with van der Waals surface area (Å²) in [7, 11) is -3.52. The summed E-state index contributed by atoms with van der Waals surface area (Å²) in [5.41, 5.74) is 3.62. The zero-order valence-corrected chi connectivity index (χ0v) is 23.3. The van der Waals surface area contributed by atoms with E-state index in [1.54, 1.807) is 11.0 Å². The maximum Gasteiger partial charge on any atom is 0.242 e. The van der Waals surface area contributed by atoms with E-state index >= 15 is 0 Å². The lowest BCUT2D eigenvalue weighted by Gasteiger charge is -2.31. The number of carbonyl (C=O) groups excluding carboxylic acids is 2. The van der Waals surface area contributed by atoms with Crippen molar-refractivity contribution in [2.45, 2.75) is 66.5 Å². The fourth-order valence-electron chi connectivity index (χ4n) is 4.01. The second-order valence-corrected chi connectivity index (χ2v) is 11.7. The van der Waals surface area contributed by atoms with E-state index in [-0.39, 0.29) is 24.8 Å². The molecule has 0 saturated carbocycles. The largest absolute Gasteiger partial charge is 0.354 e. The highest BCUT2D eigenvalue weighted by Gasteiger charge is 2.29. The van der Waals surface area contributed by atoms with Crippen molar-refractivity contribution in [2.75, 3.05) is 23.7 Å². The second-order valence-electron chi connectivity index (χ2n) is 9.78. The van der Waals surface area contributed by atoms with Crippen molar-refractivity contribution in [3.8, 4) is 0 Å². The fraction of sp³-hybridized carbons (Fsp3) is 0.500. The molecule has 0 aliphatic carbocycles. The Hall–Kier alpha value is -2.87. The first-order valence-corrected chi connectivity index (χ1v) is 14.4. The molecule has 0 aliphatic heterocycles. The molecule has 2 rings (SSSR count). The van der Waals surface area contributed by atoms with Gasteiger partial charge < -0.3 is 10.2 Å². The predicted octanol–water partition coefficient (Wildman–Crippen LogP) is 4.43. The van der Waals surface area contributed by atoms with Crippen LogP contribution < -0.4 is 9.62 Å². The maximum atomic E-state index is 13.4. The van der Waals surface area contributed by atoms with E-state index in [1.165, 1.54) is 10.6 Å². The van der Waals surface area contributed by atoms with Crippen LogP contribution in [-0.4, -0.2) is 50.5 Å². The van der Waals surface area contributed by atoms with Gasteiger partial charge in [0, 0.05) is 26.1 Å². The number of sulfonamides is 1. The summed E-state index contributed by atoms with van der Waals surface area (Å²) >= 11 is 0. The Morgan fingerprint density at radius 2 is 1.67 bits per heavy atom. The van der Waals surface area contributed by atoms with Crippen molar-refractivity contribution < 1.29 is 18.0 Å². The minimum absolute atomic E-state index is 0.137. The molecule has 0 radical (unpaired) electrons. The van der Waals surface area contributed by atoms with Gasteiger partial charge in [-0.1, -0.05) is 57.2 Å². The van der Waals surface area contributed by atoms with E-state index in [2.05, 4.69) is 5.32 Å². The summed E-state index contributed by atoms with van der Waals surface area (Å²) in [5.74, 6) is -0.0283. The third kappa shape index (κ3) is 8.66. The standard InChI is InChI=1S/C28H41N3O4S/c1-7-26(28(33)29-19-21(2)3)30(20-24-12-9-8-10-13-24)27(32)14-11-17-31(36(6,34)35)25-16-15-22(4)23(5)18-25/h8-10,12-13,15-16,18,21,26H,7,11,14,17,19-20H2,1-6H3,(H,29,33). The number of rotatable bonds is 13. The number of anilines is 1. The lowest BCUT2D eigenvalue weighted by Crippen LogP contribution is -2.49. The summed E-state index contributed by atoms with van der Waals surface area (Å²) in [4.78, 5) is 28.0. The van der Waals surface area contributed by atoms with Gasteiger partial charge in [-0.2, -0.15) is 0 Å². The van der Waals surface area contributed by atoms with Crippen LogP contribution in [0.25, 0.3) is 0 Å². The molecule has 8 heteroatoms. The van der Waals surface area contributed by atoms with Gasteiger partial charge in [0.2, 0.25) is 21.8 Å². The van der Waals surface area contributed by atoms with E-state index < -0.39 is 16.1 Å². The van der Waals surface area contributed by atoms with E-state index in [1.807, 2.05) is 77.1 Å². The Labute approximate surface area is 216 Å². The highest BCUT2D eigenvalue weighted by molar-refractivity contribution is 7.92. The van der Waals surface area contributed by atoms with E-state index in [0.717, 1.165) is 16.7 Å². The molecular formula is C28H41N3O4S. The minimum Gasteiger partial charge on any atom is -0.354 e. The van der Waals surface area contributed by atoms with Gasteiger partial charge in [0.05, 0.1) is 11.9 Å². The lowest BCUT2D eigenvalue weighted by atomic mass is 10.1. The van der Waals surface area contributed by atoms with Gasteiger partial charge in [-0.25, -0.2) is 8.42 Å². The number of nitrogens with zero attached hydrogens (tertiary/aromatic N) is 2. The van der Waals surface area contributed by atoms with Crippen molar-refractivity contribution in [1.29, 1.82) is 0 Å². The molecule has 7 nitrogen and oxygen atoms in total. The Bertz CT molecular complexity index is 1120. The molecule has 0 aliphatic rings. The number of benzene rings is 2. The van der Waals surface area contributed by atoms with E-state index in [4.69, 9.17) is 0 Å². The number of nitrogens with one attached hydrogen (secondary N) is 1. The number of hydrogen-bond acceptors (Lipinski definition) is 4. The van der Waals surface area contributed by atoms with Crippen molar-refractivity contribution in [1.82, 2.24) is 10.2 Å². The molecule has 0 fully saturated rings. The van der Waals surface area contributed by atoms with Crippen molar-refractivity contribution in [2.24, 2.45) is 5.92 Å². The molecule has 36 heavy (non-hydrogen) atoms. The quantitative estimate of drug-likeness (QED) is 0.428. The van der Waals surface area contributed by atoms with Gasteiger partial charge in [-0.15, -0.1) is 0 Å². The van der Waals surface area contributed by atoms with Crippen LogP contribution in [0, 0.1) is 19.8 Å². The predicted molar refractivity (Wildman–Crippen MR) is 146 cm³/mol. The minimum atomic E-state index is -3.52. The molecule has 1 N–H and O–H groups in total. The first-order valence-electron chi connectivity index (χ1n) is 12.6. The van der Waals surface area contributed by atoms with Crippen LogP contribution in [0.1, 0.15) is 56.7 Å². The van der Waals surface area contributed by atoms with Crippen molar-refractivity contribution in [3.63, 3.8) is 0 Å². The van der Waals surface area contributed by atoms with Crippen LogP contribution in [0.3, 0.4) is 0 Å². The lowest BCUT2D eigenvalue weighted by molar-refractivity contribution is -0.141. The zero-order chi connectivity index (χ0) is 26.9. The van der Waals surface area contributed by atoms with Gasteiger partial charge in [0.1, 0.15) is 6.04 Å². The Morgan fingerprint density at radius 3 is 2.22 bits per heavy atom. The van der Waals surface area contributed by atoms with E-state index in [9.17, 15) is 18.0 Å². The molecule has 0 bridgehead atoms. The third-order valence-corrected chi connectivity index (χ3v) is 7.39. The zero-order valence-electron chi connectivity index (χ0n) is 22.5. The molecular weight excluding hydrogens is 474 g/mol. The van der Waals surface area contributed by atoms with Gasteiger partial charge in [-0.05, 0) is 61.4 Å². The molecule has 2 amide bonds. The van der Waals surface area contributed by atoms with Gasteiger partial charge >= 0.3 is 0 Å². The molecule has 2 aromatic carbocycles. The van der Waals surface area contributed by atoms with Crippen LogP contribution in [0.4, 0.5) is 5.69 Å². The molecule has 2 aromatic rings. The molecule has 1 unspecified atom stereocenters. The number of carbonyl (C=O) groups is 2. The average molecular weight is 516 g/mol. The summed E-state index contributed by atoms with van der Waals surface area (Å²) in [6.07, 6.45) is 2.14. The maximum absolute atomic E-state index is 13.4. The highest BCUT2D eigenvalue weighted by Crippen LogP contribution is 2.22. The number of amides is 2. The third-order valence-electron chi connectivity index (χ3n) is 6.20. The first-order chi connectivity index (χ1) is 16.9. The summed E-state index contributed by atoms with van der Waals surface area (Å²) in [5, 5.41) is 2.96. The summed E-state index contributed by atoms with van der Waals surface area (Å²) in [6.45, 7) is 10.9. The normalized spacial score (nSPS) is 12.3. The first kappa shape index (κ1) is 29.4.